The first-order valence-electron chi connectivity index (χ1n) is 6.45. The summed E-state index contributed by atoms with van der Waals surface area (Å²) >= 11 is 7.89. The Morgan fingerprint density at radius 2 is 2.16 bits per heavy atom. The van der Waals surface area contributed by atoms with Crippen LogP contribution in [-0.2, 0) is 0 Å². The molecule has 1 saturated carbocycles. The second-order valence-electron chi connectivity index (χ2n) is 4.98. The van der Waals surface area contributed by atoms with Crippen LogP contribution >= 0.6 is 23.4 Å². The summed E-state index contributed by atoms with van der Waals surface area (Å²) in [6, 6.07) is 5.13. The van der Waals surface area contributed by atoms with Crippen LogP contribution in [0.5, 0.6) is 0 Å². The van der Waals surface area contributed by atoms with E-state index in [-0.39, 0.29) is 10.7 Å². The highest BCUT2D eigenvalue weighted by molar-refractivity contribution is 8.00. The number of nitrogens with two attached hydrogens (primary N) is 1. The molecule has 104 valence electrons. The smallest absolute Gasteiger partial charge is 0.254 e. The minimum absolute atomic E-state index is 0.177. The van der Waals surface area contributed by atoms with Gasteiger partial charge >= 0.3 is 0 Å². The summed E-state index contributed by atoms with van der Waals surface area (Å²) in [6.45, 7) is 0.678. The van der Waals surface area contributed by atoms with Gasteiger partial charge in [-0.3, -0.25) is 4.79 Å². The van der Waals surface area contributed by atoms with Gasteiger partial charge in [0, 0.05) is 17.0 Å². The van der Waals surface area contributed by atoms with E-state index in [4.69, 9.17) is 17.3 Å². The highest BCUT2D eigenvalue weighted by atomic mass is 35.5. The molecule has 0 heterocycles. The maximum absolute atomic E-state index is 12.2. The van der Waals surface area contributed by atoms with E-state index in [9.17, 15) is 4.79 Å². The highest BCUT2D eigenvalue weighted by Gasteiger charge is 2.33. The van der Waals surface area contributed by atoms with Crippen molar-refractivity contribution in [3.05, 3.63) is 28.8 Å². The lowest BCUT2D eigenvalue weighted by Gasteiger charge is -2.27. The standard InChI is InChI=1S/C14H19ClN2OS/c1-19-14(7-2-3-8-14)9-17-13(18)12-10(15)5-4-6-11(12)16/h4-6H,2-3,7-9,16H2,1H3,(H,17,18). The minimum Gasteiger partial charge on any atom is -0.398 e. The first kappa shape index (κ1) is 14.5. The van der Waals surface area contributed by atoms with Gasteiger partial charge in [-0.1, -0.05) is 30.5 Å². The van der Waals surface area contributed by atoms with Crippen molar-refractivity contribution in [2.45, 2.75) is 30.4 Å². The largest absolute Gasteiger partial charge is 0.398 e. The number of anilines is 1. The van der Waals surface area contributed by atoms with E-state index in [0.29, 0.717) is 22.8 Å². The number of carbonyl (C=O) groups is 1. The summed E-state index contributed by atoms with van der Waals surface area (Å²) < 4.78 is 0.186. The molecule has 1 aromatic carbocycles. The molecular formula is C14H19ClN2OS. The second kappa shape index (κ2) is 6.06. The summed E-state index contributed by atoms with van der Waals surface area (Å²) in [7, 11) is 0. The molecule has 1 aliphatic carbocycles. The molecule has 1 fully saturated rings. The molecule has 0 atom stereocenters. The van der Waals surface area contributed by atoms with E-state index < -0.39 is 0 Å². The topological polar surface area (TPSA) is 55.1 Å². The van der Waals surface area contributed by atoms with Crippen molar-refractivity contribution >= 4 is 35.0 Å². The van der Waals surface area contributed by atoms with Crippen LogP contribution in [0, 0.1) is 0 Å². The summed E-state index contributed by atoms with van der Waals surface area (Å²) in [5, 5.41) is 3.39. The van der Waals surface area contributed by atoms with E-state index in [1.165, 1.54) is 12.8 Å². The second-order valence-corrected chi connectivity index (χ2v) is 6.66. The van der Waals surface area contributed by atoms with Crippen molar-refractivity contribution in [2.24, 2.45) is 0 Å². The third-order valence-electron chi connectivity index (χ3n) is 3.79. The quantitative estimate of drug-likeness (QED) is 0.838. The molecule has 0 bridgehead atoms. The minimum atomic E-state index is -0.177. The molecule has 3 N–H and O–H groups in total. The number of amides is 1. The van der Waals surface area contributed by atoms with Crippen molar-refractivity contribution in [3.8, 4) is 0 Å². The number of thioether (sulfide) groups is 1. The van der Waals surface area contributed by atoms with Crippen LogP contribution in [-0.4, -0.2) is 23.5 Å². The van der Waals surface area contributed by atoms with E-state index in [1.54, 1.807) is 18.2 Å². The molecule has 2 rings (SSSR count). The molecule has 1 aromatic rings. The van der Waals surface area contributed by atoms with Gasteiger partial charge < -0.3 is 11.1 Å². The Morgan fingerprint density at radius 3 is 2.74 bits per heavy atom. The number of rotatable bonds is 4. The van der Waals surface area contributed by atoms with Crippen LogP contribution in [0.15, 0.2) is 18.2 Å². The van der Waals surface area contributed by atoms with E-state index >= 15 is 0 Å². The zero-order chi connectivity index (χ0) is 13.9. The van der Waals surface area contributed by atoms with Gasteiger partial charge in [0.05, 0.1) is 10.6 Å². The number of halogens is 1. The van der Waals surface area contributed by atoms with Crippen LogP contribution in [0.2, 0.25) is 5.02 Å². The Morgan fingerprint density at radius 1 is 1.47 bits per heavy atom. The fraction of sp³-hybridized carbons (Fsp3) is 0.500. The number of carbonyl (C=O) groups excluding carboxylic acids is 1. The van der Waals surface area contributed by atoms with Gasteiger partial charge in [-0.2, -0.15) is 11.8 Å². The normalized spacial score (nSPS) is 17.4. The predicted molar refractivity (Wildman–Crippen MR) is 82.9 cm³/mol. The lowest BCUT2D eigenvalue weighted by atomic mass is 10.1. The lowest BCUT2D eigenvalue weighted by Crippen LogP contribution is -2.38. The third kappa shape index (κ3) is 3.18. The maximum Gasteiger partial charge on any atom is 0.254 e. The van der Waals surface area contributed by atoms with Gasteiger partial charge in [-0.05, 0) is 31.2 Å². The SMILES string of the molecule is CSC1(CNC(=O)c2c(N)cccc2Cl)CCCC1. The summed E-state index contributed by atoms with van der Waals surface area (Å²) in [4.78, 5) is 12.2. The molecule has 3 nitrogen and oxygen atoms in total. The molecular weight excluding hydrogens is 280 g/mol. The van der Waals surface area contributed by atoms with Crippen molar-refractivity contribution < 1.29 is 4.79 Å². The van der Waals surface area contributed by atoms with Gasteiger partial charge in [-0.25, -0.2) is 0 Å². The van der Waals surface area contributed by atoms with Crippen LogP contribution in [0.25, 0.3) is 0 Å². The number of benzene rings is 1. The Balaban J connectivity index is 2.05. The van der Waals surface area contributed by atoms with Crippen molar-refractivity contribution in [1.82, 2.24) is 5.32 Å². The molecule has 0 saturated heterocycles. The molecule has 1 aliphatic rings. The summed E-state index contributed by atoms with van der Waals surface area (Å²) in [5.74, 6) is -0.177. The molecule has 5 heteroatoms. The third-order valence-corrected chi connectivity index (χ3v) is 5.53. The molecule has 19 heavy (non-hydrogen) atoms. The van der Waals surface area contributed by atoms with Crippen molar-refractivity contribution in [2.75, 3.05) is 18.5 Å². The van der Waals surface area contributed by atoms with E-state index in [0.717, 1.165) is 12.8 Å². The number of hydrogen-bond acceptors (Lipinski definition) is 3. The Bertz CT molecular complexity index is 452. The summed E-state index contributed by atoms with van der Waals surface area (Å²) in [5.41, 5.74) is 6.63. The predicted octanol–water partition coefficient (Wildman–Crippen LogP) is 3.33. The first-order valence-corrected chi connectivity index (χ1v) is 8.06. The lowest BCUT2D eigenvalue weighted by molar-refractivity contribution is 0.0950. The average Bonchev–Trinajstić information content (AvgIpc) is 2.86. The van der Waals surface area contributed by atoms with E-state index in [1.807, 2.05) is 11.8 Å². The monoisotopic (exact) mass is 298 g/mol. The molecule has 0 aliphatic heterocycles. The highest BCUT2D eigenvalue weighted by Crippen LogP contribution is 2.39. The molecule has 0 unspecified atom stereocenters. The van der Waals surface area contributed by atoms with Gasteiger partial charge in [0.1, 0.15) is 0 Å². The molecule has 0 radical (unpaired) electrons. The van der Waals surface area contributed by atoms with Crippen molar-refractivity contribution in [1.29, 1.82) is 0 Å². The van der Waals surface area contributed by atoms with Gasteiger partial charge in [0.15, 0.2) is 0 Å². The van der Waals surface area contributed by atoms with Crippen LogP contribution in [0.4, 0.5) is 5.69 Å². The zero-order valence-corrected chi connectivity index (χ0v) is 12.6. The van der Waals surface area contributed by atoms with Gasteiger partial charge in [-0.15, -0.1) is 0 Å². The number of hydrogen-bond donors (Lipinski definition) is 2. The maximum atomic E-state index is 12.2. The Labute approximate surface area is 123 Å². The Kier molecular flexibility index (Phi) is 4.63. The van der Waals surface area contributed by atoms with Gasteiger partial charge in [0.25, 0.3) is 5.91 Å². The molecule has 1 amide bonds. The number of nitrogen functional groups attached to an aromatic ring is 1. The average molecular weight is 299 g/mol. The van der Waals surface area contributed by atoms with Crippen LogP contribution in [0.1, 0.15) is 36.0 Å². The van der Waals surface area contributed by atoms with E-state index in [2.05, 4.69) is 11.6 Å². The Hall–Kier alpha value is -0.870. The molecule has 0 aromatic heterocycles. The van der Waals surface area contributed by atoms with Crippen molar-refractivity contribution in [3.63, 3.8) is 0 Å². The van der Waals surface area contributed by atoms with Gasteiger partial charge in [0.2, 0.25) is 0 Å². The van der Waals surface area contributed by atoms with Crippen LogP contribution < -0.4 is 11.1 Å². The zero-order valence-electron chi connectivity index (χ0n) is 11.0. The fourth-order valence-corrected chi connectivity index (χ4v) is 3.76. The summed E-state index contributed by atoms with van der Waals surface area (Å²) in [6.07, 6.45) is 6.91. The van der Waals surface area contributed by atoms with Crippen LogP contribution in [0.3, 0.4) is 0 Å². The molecule has 0 spiro atoms. The number of nitrogens with one attached hydrogen (secondary N) is 1. The fourth-order valence-electron chi connectivity index (χ4n) is 2.58. The first-order chi connectivity index (χ1) is 9.08.